The Kier molecular flexibility index (Phi) is 3.71. The van der Waals surface area contributed by atoms with Crippen molar-refractivity contribution in [1.29, 1.82) is 0 Å². The van der Waals surface area contributed by atoms with E-state index < -0.39 is 0 Å². The molecule has 0 spiro atoms. The molecule has 0 aromatic carbocycles. The number of hydrogen-bond donors (Lipinski definition) is 1. The fourth-order valence-corrected chi connectivity index (χ4v) is 3.16. The second kappa shape index (κ2) is 4.86. The highest BCUT2D eigenvalue weighted by atomic mass is 14.9. The average molecular weight is 209 g/mol. The lowest BCUT2D eigenvalue weighted by Crippen LogP contribution is -2.44. The molecule has 0 saturated heterocycles. The van der Waals surface area contributed by atoms with Gasteiger partial charge in [0.25, 0.3) is 0 Å². The van der Waals surface area contributed by atoms with Crippen LogP contribution in [0.4, 0.5) is 0 Å². The summed E-state index contributed by atoms with van der Waals surface area (Å²) < 4.78 is 0. The molecule has 0 heterocycles. The summed E-state index contributed by atoms with van der Waals surface area (Å²) in [4.78, 5) is 0. The van der Waals surface area contributed by atoms with Gasteiger partial charge in [-0.1, -0.05) is 20.3 Å². The summed E-state index contributed by atoms with van der Waals surface area (Å²) >= 11 is 0. The lowest BCUT2D eigenvalue weighted by atomic mass is 9.67. The monoisotopic (exact) mass is 209 g/mol. The first-order valence-electron chi connectivity index (χ1n) is 6.97. The van der Waals surface area contributed by atoms with Crippen molar-refractivity contribution >= 4 is 0 Å². The molecule has 0 aliphatic heterocycles. The molecule has 0 aromatic rings. The molecule has 1 heteroatoms. The van der Waals surface area contributed by atoms with Gasteiger partial charge in [-0.15, -0.1) is 0 Å². The largest absolute Gasteiger partial charge is 0.313 e. The maximum atomic E-state index is 3.84. The number of nitrogens with one attached hydrogen (secondary N) is 1. The summed E-state index contributed by atoms with van der Waals surface area (Å²) in [7, 11) is 0. The zero-order chi connectivity index (χ0) is 10.7. The maximum absolute atomic E-state index is 3.84. The van der Waals surface area contributed by atoms with Crippen LogP contribution >= 0.6 is 0 Å². The Labute approximate surface area is 95.0 Å². The van der Waals surface area contributed by atoms with Crippen molar-refractivity contribution in [3.05, 3.63) is 0 Å². The van der Waals surface area contributed by atoms with Gasteiger partial charge in [0, 0.05) is 12.6 Å². The summed E-state index contributed by atoms with van der Waals surface area (Å²) in [6.07, 6.45) is 11.5. The van der Waals surface area contributed by atoms with E-state index in [1.165, 1.54) is 57.9 Å². The van der Waals surface area contributed by atoms with Crippen LogP contribution in [-0.4, -0.2) is 12.6 Å². The van der Waals surface area contributed by atoms with Crippen LogP contribution in [-0.2, 0) is 0 Å². The van der Waals surface area contributed by atoms with E-state index in [-0.39, 0.29) is 0 Å². The fourth-order valence-electron chi connectivity index (χ4n) is 3.16. The molecular weight excluding hydrogens is 182 g/mol. The van der Waals surface area contributed by atoms with E-state index in [1.807, 2.05) is 0 Å². The molecule has 2 aliphatic rings. The van der Waals surface area contributed by atoms with E-state index in [1.54, 1.807) is 0 Å². The Hall–Kier alpha value is -0.0400. The Morgan fingerprint density at radius 2 is 1.80 bits per heavy atom. The van der Waals surface area contributed by atoms with Crippen molar-refractivity contribution in [2.24, 2.45) is 11.3 Å². The minimum atomic E-state index is 0.697. The topological polar surface area (TPSA) is 12.0 Å². The Bertz CT molecular complexity index is 182. The van der Waals surface area contributed by atoms with Crippen molar-refractivity contribution < 1.29 is 0 Å². The Balaban J connectivity index is 1.69. The smallest absolute Gasteiger partial charge is 0.00674 e. The molecule has 2 fully saturated rings. The molecule has 2 rings (SSSR count). The zero-order valence-electron chi connectivity index (χ0n) is 10.5. The third kappa shape index (κ3) is 2.75. The molecule has 88 valence electrons. The van der Waals surface area contributed by atoms with Gasteiger partial charge in [-0.05, 0) is 56.3 Å². The molecule has 15 heavy (non-hydrogen) atoms. The standard InChI is InChI=1S/C14H27N/c1-3-14(9-4-10-14)11-15-13-7-5-12(2)6-8-13/h12-13,15H,3-11H2,1-2H3. The highest BCUT2D eigenvalue weighted by Crippen LogP contribution is 2.43. The minimum absolute atomic E-state index is 0.697. The van der Waals surface area contributed by atoms with Crippen molar-refractivity contribution in [1.82, 2.24) is 5.32 Å². The van der Waals surface area contributed by atoms with Crippen molar-refractivity contribution in [2.45, 2.75) is 71.3 Å². The van der Waals surface area contributed by atoms with Gasteiger partial charge in [0.2, 0.25) is 0 Å². The second-order valence-corrected chi connectivity index (χ2v) is 6.04. The van der Waals surface area contributed by atoms with Gasteiger partial charge < -0.3 is 5.32 Å². The molecule has 0 radical (unpaired) electrons. The molecule has 2 aliphatic carbocycles. The molecular formula is C14H27N. The molecule has 0 bridgehead atoms. The van der Waals surface area contributed by atoms with Gasteiger partial charge in [0.15, 0.2) is 0 Å². The quantitative estimate of drug-likeness (QED) is 0.744. The molecule has 0 atom stereocenters. The fraction of sp³-hybridized carbons (Fsp3) is 1.00. The predicted octanol–water partition coefficient (Wildman–Crippen LogP) is 3.74. The maximum Gasteiger partial charge on any atom is 0.00674 e. The summed E-state index contributed by atoms with van der Waals surface area (Å²) in [6, 6.07) is 0.838. The first-order chi connectivity index (χ1) is 7.24. The van der Waals surface area contributed by atoms with Gasteiger partial charge in [-0.3, -0.25) is 0 Å². The zero-order valence-corrected chi connectivity index (χ0v) is 10.5. The predicted molar refractivity (Wildman–Crippen MR) is 66.0 cm³/mol. The summed E-state index contributed by atoms with van der Waals surface area (Å²) in [5, 5.41) is 3.84. The van der Waals surface area contributed by atoms with Crippen molar-refractivity contribution in [3.8, 4) is 0 Å². The van der Waals surface area contributed by atoms with E-state index in [0.29, 0.717) is 5.41 Å². The van der Waals surface area contributed by atoms with Gasteiger partial charge in [-0.2, -0.15) is 0 Å². The van der Waals surface area contributed by atoms with E-state index in [0.717, 1.165) is 12.0 Å². The van der Waals surface area contributed by atoms with Crippen LogP contribution in [0.3, 0.4) is 0 Å². The first kappa shape index (κ1) is 11.4. The van der Waals surface area contributed by atoms with Crippen LogP contribution in [0.15, 0.2) is 0 Å². The summed E-state index contributed by atoms with van der Waals surface area (Å²) in [5.74, 6) is 0.979. The van der Waals surface area contributed by atoms with E-state index in [9.17, 15) is 0 Å². The third-order valence-corrected chi connectivity index (χ3v) is 4.95. The van der Waals surface area contributed by atoms with Crippen molar-refractivity contribution in [3.63, 3.8) is 0 Å². The first-order valence-corrected chi connectivity index (χ1v) is 6.97. The highest BCUT2D eigenvalue weighted by Gasteiger charge is 2.35. The summed E-state index contributed by atoms with van der Waals surface area (Å²) in [6.45, 7) is 6.06. The van der Waals surface area contributed by atoms with Gasteiger partial charge in [0.05, 0.1) is 0 Å². The molecule has 0 aromatic heterocycles. The van der Waals surface area contributed by atoms with Gasteiger partial charge in [-0.25, -0.2) is 0 Å². The van der Waals surface area contributed by atoms with Crippen LogP contribution in [0.5, 0.6) is 0 Å². The Morgan fingerprint density at radius 3 is 2.27 bits per heavy atom. The van der Waals surface area contributed by atoms with Gasteiger partial charge in [0.1, 0.15) is 0 Å². The average Bonchev–Trinajstić information content (AvgIpc) is 2.20. The molecule has 2 saturated carbocycles. The molecule has 0 unspecified atom stereocenters. The van der Waals surface area contributed by atoms with E-state index >= 15 is 0 Å². The van der Waals surface area contributed by atoms with Crippen LogP contribution in [0, 0.1) is 11.3 Å². The SMILES string of the molecule is CCC1(CNC2CCC(C)CC2)CCC1. The van der Waals surface area contributed by atoms with Crippen LogP contribution < -0.4 is 5.32 Å². The van der Waals surface area contributed by atoms with Crippen LogP contribution in [0.1, 0.15) is 65.2 Å². The lowest BCUT2D eigenvalue weighted by Gasteiger charge is -2.43. The molecule has 0 amide bonds. The highest BCUT2D eigenvalue weighted by molar-refractivity contribution is 4.89. The number of rotatable bonds is 4. The second-order valence-electron chi connectivity index (χ2n) is 6.04. The molecule has 1 N–H and O–H groups in total. The van der Waals surface area contributed by atoms with Crippen LogP contribution in [0.25, 0.3) is 0 Å². The number of hydrogen-bond acceptors (Lipinski definition) is 1. The minimum Gasteiger partial charge on any atom is -0.313 e. The lowest BCUT2D eigenvalue weighted by molar-refractivity contribution is 0.114. The van der Waals surface area contributed by atoms with Crippen molar-refractivity contribution in [2.75, 3.05) is 6.54 Å². The van der Waals surface area contributed by atoms with E-state index in [4.69, 9.17) is 0 Å². The summed E-state index contributed by atoms with van der Waals surface area (Å²) in [5.41, 5.74) is 0.697. The van der Waals surface area contributed by atoms with Crippen LogP contribution in [0.2, 0.25) is 0 Å². The Morgan fingerprint density at radius 1 is 1.13 bits per heavy atom. The third-order valence-electron chi connectivity index (χ3n) is 4.95. The van der Waals surface area contributed by atoms with Gasteiger partial charge >= 0.3 is 0 Å². The normalized spacial score (nSPS) is 34.8. The van der Waals surface area contributed by atoms with E-state index in [2.05, 4.69) is 19.2 Å². The molecule has 1 nitrogen and oxygen atoms in total.